The number of carbonyl (C=O) groups is 2. The summed E-state index contributed by atoms with van der Waals surface area (Å²) in [6, 6.07) is 0. The summed E-state index contributed by atoms with van der Waals surface area (Å²) >= 11 is 0. The minimum atomic E-state index is -4.42. The van der Waals surface area contributed by atoms with Crippen LogP contribution in [0.3, 0.4) is 0 Å². The van der Waals surface area contributed by atoms with Crippen molar-refractivity contribution in [3.8, 4) is 0 Å². The summed E-state index contributed by atoms with van der Waals surface area (Å²) in [6.45, 7) is 3.96. The fourth-order valence-electron chi connectivity index (χ4n) is 5.34. The molecule has 61 heavy (non-hydrogen) atoms. The molecule has 0 aliphatic heterocycles. The molecular weight excluding hydrogens is 790 g/mol. The molecule has 11 heteroatoms. The minimum absolute atomic E-state index is 0.00230. The summed E-state index contributed by atoms with van der Waals surface area (Å²) in [6.07, 6.45) is 52.1. The number of phosphoric acid groups is 1. The van der Waals surface area contributed by atoms with Crippen molar-refractivity contribution in [3.63, 3.8) is 0 Å². The van der Waals surface area contributed by atoms with Gasteiger partial charge in [-0.1, -0.05) is 136 Å². The number of aliphatic hydroxyl groups is 1. The van der Waals surface area contributed by atoms with E-state index in [9.17, 15) is 24.2 Å². The van der Waals surface area contributed by atoms with Gasteiger partial charge in [0.2, 0.25) is 0 Å². The van der Waals surface area contributed by atoms with Gasteiger partial charge in [-0.25, -0.2) is 4.57 Å². The van der Waals surface area contributed by atoms with Crippen molar-refractivity contribution >= 4 is 19.8 Å². The molecule has 0 rings (SSSR count). The Morgan fingerprint density at radius 2 is 1.07 bits per heavy atom. The molecule has 0 aliphatic carbocycles. The third-order valence-electron chi connectivity index (χ3n) is 8.84. The van der Waals surface area contributed by atoms with Gasteiger partial charge in [0.05, 0.1) is 33.9 Å². The molecule has 3 atom stereocenters. The zero-order valence-electron chi connectivity index (χ0n) is 38.5. The van der Waals surface area contributed by atoms with E-state index in [0.717, 1.165) is 83.5 Å². The van der Waals surface area contributed by atoms with E-state index in [-0.39, 0.29) is 32.2 Å². The second kappa shape index (κ2) is 40.7. The first-order valence-electron chi connectivity index (χ1n) is 22.7. The van der Waals surface area contributed by atoms with Gasteiger partial charge in [0.25, 0.3) is 0 Å². The quantitative estimate of drug-likeness (QED) is 0.0204. The number of esters is 2. The summed E-state index contributed by atoms with van der Waals surface area (Å²) in [7, 11) is 1.38. The van der Waals surface area contributed by atoms with E-state index in [1.807, 2.05) is 39.4 Å². The van der Waals surface area contributed by atoms with Crippen LogP contribution in [0.15, 0.2) is 109 Å². The predicted octanol–water partition coefficient (Wildman–Crippen LogP) is 12.1. The van der Waals surface area contributed by atoms with Crippen LogP contribution in [0.2, 0.25) is 0 Å². The number of likely N-dealkylation sites (N-methyl/N-ethyl adjacent to an activating group) is 1. The second-order valence-electron chi connectivity index (χ2n) is 15.9. The number of phosphoric ester groups is 1. The van der Waals surface area contributed by atoms with Crippen LogP contribution in [0, 0.1) is 0 Å². The van der Waals surface area contributed by atoms with Crippen LogP contribution < -0.4 is 0 Å². The van der Waals surface area contributed by atoms with Gasteiger partial charge in [0.15, 0.2) is 6.10 Å². The van der Waals surface area contributed by atoms with Gasteiger partial charge in [0.1, 0.15) is 19.8 Å². The highest BCUT2D eigenvalue weighted by molar-refractivity contribution is 7.47. The first kappa shape index (κ1) is 57.6. The number of aliphatic hydroxyl groups excluding tert-OH is 1. The number of unbranched alkanes of at least 4 members (excludes halogenated alkanes) is 4. The Kier molecular flexibility index (Phi) is 38.4. The molecule has 2 unspecified atom stereocenters. The van der Waals surface area contributed by atoms with E-state index in [0.29, 0.717) is 36.7 Å². The molecule has 0 aromatic heterocycles. The molecule has 0 saturated heterocycles. The van der Waals surface area contributed by atoms with E-state index >= 15 is 0 Å². The summed E-state index contributed by atoms with van der Waals surface area (Å²) in [4.78, 5) is 35.4. The number of hydrogen-bond donors (Lipinski definition) is 2. The molecule has 346 valence electrons. The van der Waals surface area contributed by atoms with E-state index in [2.05, 4.69) is 105 Å². The minimum Gasteiger partial charge on any atom is -0.462 e. The van der Waals surface area contributed by atoms with Crippen LogP contribution in [-0.2, 0) is 32.7 Å². The number of ether oxygens (including phenoxy) is 2. The molecule has 0 amide bonds. The number of quaternary nitrogens is 1. The molecular formula is C50H83NO9P+. The fourth-order valence-corrected chi connectivity index (χ4v) is 6.08. The van der Waals surface area contributed by atoms with Crippen molar-refractivity contribution in [1.82, 2.24) is 0 Å². The maximum Gasteiger partial charge on any atom is 0.472 e. The number of allylic oxidation sites excluding steroid dienone is 17. The molecule has 0 saturated carbocycles. The first-order valence-corrected chi connectivity index (χ1v) is 24.2. The van der Waals surface area contributed by atoms with Gasteiger partial charge >= 0.3 is 19.8 Å². The van der Waals surface area contributed by atoms with Gasteiger partial charge < -0.3 is 24.0 Å². The molecule has 0 aliphatic rings. The highest BCUT2D eigenvalue weighted by Gasteiger charge is 2.27. The summed E-state index contributed by atoms with van der Waals surface area (Å²) in [5, 5.41) is 9.74. The Bertz CT molecular complexity index is 1420. The molecule has 10 nitrogen and oxygen atoms in total. The Hall–Kier alpha value is -3.37. The van der Waals surface area contributed by atoms with Crippen LogP contribution in [0.1, 0.15) is 136 Å². The molecule has 0 spiro atoms. The zero-order chi connectivity index (χ0) is 45.1. The Labute approximate surface area is 370 Å². The molecule has 0 radical (unpaired) electrons. The second-order valence-corrected chi connectivity index (χ2v) is 17.3. The van der Waals surface area contributed by atoms with Crippen molar-refractivity contribution in [2.45, 2.75) is 148 Å². The predicted molar refractivity (Wildman–Crippen MR) is 253 cm³/mol. The summed E-state index contributed by atoms with van der Waals surface area (Å²) in [5.41, 5.74) is 0. The molecule has 0 aromatic carbocycles. The van der Waals surface area contributed by atoms with Gasteiger partial charge in [0, 0.05) is 12.8 Å². The highest BCUT2D eigenvalue weighted by atomic mass is 31.2. The molecule has 0 aromatic rings. The third-order valence-corrected chi connectivity index (χ3v) is 9.83. The van der Waals surface area contributed by atoms with Gasteiger partial charge in [-0.2, -0.15) is 0 Å². The average molecular weight is 873 g/mol. The van der Waals surface area contributed by atoms with E-state index < -0.39 is 32.5 Å². The maximum absolute atomic E-state index is 12.7. The topological polar surface area (TPSA) is 129 Å². The zero-order valence-corrected chi connectivity index (χ0v) is 39.4. The number of nitrogens with zero attached hydrogens (tertiary/aromatic N) is 1. The SMILES string of the molecule is CC/C=C\C/C=C\C/C=C\C/C=C\C/C=C\CCCCCC(=O)OC[C@H](COP(=O)(O)OCC[N+](C)(C)C)OC(=O)CCC/C=C\C/C=C\C/C=C\C/C=C\CC(O)CCC. The van der Waals surface area contributed by atoms with Crippen molar-refractivity contribution in [3.05, 3.63) is 109 Å². The van der Waals surface area contributed by atoms with E-state index in [4.69, 9.17) is 18.5 Å². The lowest BCUT2D eigenvalue weighted by atomic mass is 10.1. The third kappa shape index (κ3) is 44.5. The standard InChI is InChI=1S/C50H82NO9P/c1-6-8-9-10-11-12-13-14-15-16-17-18-19-22-25-28-31-34-37-41-49(53)57-45-48(46-59-61(55,56)58-44-43-51(3,4)5)60-50(54)42-38-35-32-29-26-23-20-21-24-27-30-33-36-40-47(52)39-7-2/h8-9,11-12,14-15,17-18,20,22-25,27,29,32-33,36,47-48,52H,6-7,10,13,16,19,21,26,28,30-31,34-35,37-46H2,1-5H3/p+1/b9-8-,12-11-,15-14-,18-17-,23-20-,25-22-,27-24-,32-29-,36-33-/t47?,48-/m1/s1. The fraction of sp³-hybridized carbons (Fsp3) is 0.600. The number of hydrogen-bond acceptors (Lipinski definition) is 8. The van der Waals surface area contributed by atoms with Crippen molar-refractivity contribution < 1.29 is 47.2 Å². The average Bonchev–Trinajstić information content (AvgIpc) is 3.20. The van der Waals surface area contributed by atoms with Crippen LogP contribution in [0.25, 0.3) is 0 Å². The van der Waals surface area contributed by atoms with Crippen molar-refractivity contribution in [2.75, 3.05) is 47.5 Å². The molecule has 2 N–H and O–H groups in total. The van der Waals surface area contributed by atoms with Crippen LogP contribution in [-0.4, -0.2) is 86.1 Å². The lowest BCUT2D eigenvalue weighted by Gasteiger charge is -2.24. The largest absolute Gasteiger partial charge is 0.472 e. The van der Waals surface area contributed by atoms with Crippen molar-refractivity contribution in [1.29, 1.82) is 0 Å². The molecule has 0 heterocycles. The molecule has 0 bridgehead atoms. The Morgan fingerprint density at radius 3 is 1.57 bits per heavy atom. The monoisotopic (exact) mass is 873 g/mol. The van der Waals surface area contributed by atoms with E-state index in [1.54, 1.807) is 0 Å². The smallest absolute Gasteiger partial charge is 0.462 e. The van der Waals surface area contributed by atoms with Gasteiger partial charge in [-0.15, -0.1) is 0 Å². The summed E-state index contributed by atoms with van der Waals surface area (Å²) in [5.74, 6) is -0.935. The summed E-state index contributed by atoms with van der Waals surface area (Å²) < 4.78 is 34.2. The Balaban J connectivity index is 4.54. The number of carbonyl (C=O) groups excluding carboxylic acids is 2. The van der Waals surface area contributed by atoms with Crippen LogP contribution in [0.4, 0.5) is 0 Å². The number of rotatable bonds is 39. The van der Waals surface area contributed by atoms with Crippen LogP contribution in [0.5, 0.6) is 0 Å². The normalized spacial score (nSPS) is 15.1. The Morgan fingerprint density at radius 1 is 0.590 bits per heavy atom. The molecule has 0 fully saturated rings. The van der Waals surface area contributed by atoms with Gasteiger partial charge in [-0.3, -0.25) is 18.6 Å². The first-order chi connectivity index (χ1) is 29.4. The van der Waals surface area contributed by atoms with Crippen LogP contribution >= 0.6 is 7.82 Å². The highest BCUT2D eigenvalue weighted by Crippen LogP contribution is 2.43. The van der Waals surface area contributed by atoms with Crippen molar-refractivity contribution in [2.24, 2.45) is 0 Å². The maximum atomic E-state index is 12.7. The lowest BCUT2D eigenvalue weighted by Crippen LogP contribution is -2.37. The van der Waals surface area contributed by atoms with Gasteiger partial charge in [-0.05, 0) is 96.3 Å². The van der Waals surface area contributed by atoms with E-state index in [1.165, 1.54) is 0 Å². The lowest BCUT2D eigenvalue weighted by molar-refractivity contribution is -0.870.